The summed E-state index contributed by atoms with van der Waals surface area (Å²) in [6.07, 6.45) is -3.68. The number of halogens is 1. The van der Waals surface area contributed by atoms with Gasteiger partial charge in [-0.05, 0) is 35.7 Å². The summed E-state index contributed by atoms with van der Waals surface area (Å²) in [5.41, 5.74) is 1.89. The van der Waals surface area contributed by atoms with Crippen molar-refractivity contribution < 1.29 is 29.9 Å². The summed E-state index contributed by atoms with van der Waals surface area (Å²) in [6, 6.07) is 9.46. The average Bonchev–Trinajstić information content (AvgIpc) is 3.06. The number of benzene rings is 1. The Morgan fingerprint density at radius 2 is 1.86 bits per heavy atom. The molecule has 152 valence electrons. The summed E-state index contributed by atoms with van der Waals surface area (Å²) in [7, 11) is 0. The molecule has 4 N–H and O–H groups in total. The van der Waals surface area contributed by atoms with E-state index in [-0.39, 0.29) is 0 Å². The molecule has 0 amide bonds. The summed E-state index contributed by atoms with van der Waals surface area (Å²) >= 11 is 7.63. The molecule has 1 aliphatic rings. The second-order valence-electron chi connectivity index (χ2n) is 6.62. The van der Waals surface area contributed by atoms with E-state index in [0.29, 0.717) is 22.2 Å². The van der Waals surface area contributed by atoms with E-state index < -0.39 is 37.1 Å². The van der Waals surface area contributed by atoms with Crippen LogP contribution in [0.1, 0.15) is 22.1 Å². The van der Waals surface area contributed by atoms with Crippen LogP contribution >= 0.6 is 22.9 Å². The highest BCUT2D eigenvalue weighted by molar-refractivity contribution is 7.16. The third-order valence-electron chi connectivity index (χ3n) is 4.63. The number of hydrogen-bond acceptors (Lipinski definition) is 7. The molecule has 28 heavy (non-hydrogen) atoms. The van der Waals surface area contributed by atoms with E-state index in [4.69, 9.17) is 21.1 Å². The van der Waals surface area contributed by atoms with Gasteiger partial charge in [-0.2, -0.15) is 0 Å². The van der Waals surface area contributed by atoms with Crippen LogP contribution in [0.4, 0.5) is 0 Å². The molecule has 0 spiro atoms. The molecule has 0 bridgehead atoms. The molecule has 5 atom stereocenters. The first-order valence-electron chi connectivity index (χ1n) is 8.85. The SMILES string of the molecule is C=CCOc1ccc(Cc2cc([C@@H]3O[C@H](CO)[C@@H](O)C(O)[C@H]3O)sc2Cl)cc1. The van der Waals surface area contributed by atoms with Crippen LogP contribution in [0.25, 0.3) is 0 Å². The fourth-order valence-corrected chi connectivity index (χ4v) is 4.47. The lowest BCUT2D eigenvalue weighted by atomic mass is 9.94. The summed E-state index contributed by atoms with van der Waals surface area (Å²) in [5, 5.41) is 39.5. The van der Waals surface area contributed by atoms with Crippen molar-refractivity contribution in [1.29, 1.82) is 0 Å². The van der Waals surface area contributed by atoms with Gasteiger partial charge in [0.05, 0.1) is 10.9 Å². The van der Waals surface area contributed by atoms with E-state index >= 15 is 0 Å². The number of thiophene rings is 1. The summed E-state index contributed by atoms with van der Waals surface area (Å²) in [5.74, 6) is 0.752. The molecule has 1 saturated heterocycles. The van der Waals surface area contributed by atoms with Gasteiger partial charge in [0.1, 0.15) is 42.9 Å². The Bertz CT molecular complexity index is 790. The van der Waals surface area contributed by atoms with E-state index in [1.807, 2.05) is 30.3 Å². The zero-order valence-corrected chi connectivity index (χ0v) is 16.6. The van der Waals surface area contributed by atoms with Gasteiger partial charge in [-0.25, -0.2) is 0 Å². The van der Waals surface area contributed by atoms with Crippen molar-refractivity contribution in [2.45, 2.75) is 36.9 Å². The zero-order valence-electron chi connectivity index (χ0n) is 15.1. The molecule has 2 heterocycles. The lowest BCUT2D eigenvalue weighted by molar-refractivity contribution is -0.230. The van der Waals surface area contributed by atoms with Crippen molar-refractivity contribution in [3.05, 3.63) is 63.3 Å². The van der Waals surface area contributed by atoms with Crippen LogP contribution in [-0.4, -0.2) is 58.1 Å². The van der Waals surface area contributed by atoms with E-state index in [1.165, 1.54) is 11.3 Å². The van der Waals surface area contributed by atoms with Gasteiger partial charge in [-0.3, -0.25) is 0 Å². The fourth-order valence-electron chi connectivity index (χ4n) is 3.10. The first kappa shape index (κ1) is 21.3. The van der Waals surface area contributed by atoms with E-state index in [0.717, 1.165) is 16.9 Å². The third kappa shape index (κ3) is 4.58. The number of aliphatic hydroxyl groups excluding tert-OH is 4. The Labute approximate surface area is 172 Å². The van der Waals surface area contributed by atoms with Gasteiger partial charge < -0.3 is 29.9 Å². The molecule has 8 heteroatoms. The molecular formula is C20H23ClO6S. The Kier molecular flexibility index (Phi) is 7.11. The highest BCUT2D eigenvalue weighted by Crippen LogP contribution is 2.39. The summed E-state index contributed by atoms with van der Waals surface area (Å²) in [6.45, 7) is 3.59. The second kappa shape index (κ2) is 9.37. The van der Waals surface area contributed by atoms with Gasteiger partial charge in [0.25, 0.3) is 0 Å². The largest absolute Gasteiger partial charge is 0.490 e. The van der Waals surface area contributed by atoms with Crippen LogP contribution in [0.3, 0.4) is 0 Å². The molecule has 1 aromatic carbocycles. The number of rotatable bonds is 7. The summed E-state index contributed by atoms with van der Waals surface area (Å²) in [4.78, 5) is 0.628. The maximum Gasteiger partial charge on any atom is 0.121 e. The van der Waals surface area contributed by atoms with Crippen LogP contribution in [0, 0.1) is 0 Å². The van der Waals surface area contributed by atoms with Gasteiger partial charge in [-0.1, -0.05) is 36.4 Å². The topological polar surface area (TPSA) is 99.4 Å². The van der Waals surface area contributed by atoms with Crippen LogP contribution in [0.2, 0.25) is 4.34 Å². The van der Waals surface area contributed by atoms with E-state index in [2.05, 4.69) is 6.58 Å². The minimum atomic E-state index is -1.41. The summed E-state index contributed by atoms with van der Waals surface area (Å²) < 4.78 is 11.6. The molecule has 1 unspecified atom stereocenters. The molecule has 0 radical (unpaired) electrons. The molecule has 6 nitrogen and oxygen atoms in total. The maximum atomic E-state index is 10.3. The first-order valence-corrected chi connectivity index (χ1v) is 10.0. The van der Waals surface area contributed by atoms with Crippen molar-refractivity contribution in [3.63, 3.8) is 0 Å². The number of hydrogen-bond donors (Lipinski definition) is 4. The fraction of sp³-hybridized carbons (Fsp3) is 0.400. The third-order valence-corrected chi connectivity index (χ3v) is 6.14. The van der Waals surface area contributed by atoms with Crippen molar-refractivity contribution in [2.24, 2.45) is 0 Å². The van der Waals surface area contributed by atoms with Crippen LogP contribution < -0.4 is 4.74 Å². The van der Waals surface area contributed by atoms with E-state index in [1.54, 1.807) is 6.08 Å². The van der Waals surface area contributed by atoms with Gasteiger partial charge in [0.2, 0.25) is 0 Å². The Morgan fingerprint density at radius 1 is 1.14 bits per heavy atom. The number of ether oxygens (including phenoxy) is 2. The van der Waals surface area contributed by atoms with Crippen molar-refractivity contribution in [1.82, 2.24) is 0 Å². The quantitative estimate of drug-likeness (QED) is 0.506. The van der Waals surface area contributed by atoms with Gasteiger partial charge >= 0.3 is 0 Å². The Morgan fingerprint density at radius 3 is 2.50 bits per heavy atom. The lowest BCUT2D eigenvalue weighted by Crippen LogP contribution is -2.55. The van der Waals surface area contributed by atoms with Gasteiger partial charge in [0.15, 0.2) is 0 Å². The molecule has 0 aliphatic carbocycles. The average molecular weight is 427 g/mol. The zero-order chi connectivity index (χ0) is 20.3. The van der Waals surface area contributed by atoms with Crippen LogP contribution in [-0.2, 0) is 11.2 Å². The highest BCUT2D eigenvalue weighted by Gasteiger charge is 2.44. The van der Waals surface area contributed by atoms with Crippen LogP contribution in [0.15, 0.2) is 43.0 Å². The lowest BCUT2D eigenvalue weighted by Gasteiger charge is -2.39. The second-order valence-corrected chi connectivity index (χ2v) is 8.30. The normalized spacial score (nSPS) is 27.5. The molecule has 0 saturated carbocycles. The predicted molar refractivity (Wildman–Crippen MR) is 107 cm³/mol. The Hall–Kier alpha value is -1.45. The molecule has 3 rings (SSSR count). The van der Waals surface area contributed by atoms with Gasteiger partial charge in [0, 0.05) is 4.88 Å². The highest BCUT2D eigenvalue weighted by atomic mass is 35.5. The molecule has 1 aliphatic heterocycles. The molecule has 2 aromatic rings. The molecule has 1 aromatic heterocycles. The number of aliphatic hydroxyl groups is 4. The van der Waals surface area contributed by atoms with Crippen molar-refractivity contribution in [3.8, 4) is 5.75 Å². The smallest absolute Gasteiger partial charge is 0.121 e. The van der Waals surface area contributed by atoms with Crippen molar-refractivity contribution >= 4 is 22.9 Å². The monoisotopic (exact) mass is 426 g/mol. The van der Waals surface area contributed by atoms with Crippen molar-refractivity contribution in [2.75, 3.05) is 13.2 Å². The minimum Gasteiger partial charge on any atom is -0.490 e. The molecular weight excluding hydrogens is 404 g/mol. The molecule has 1 fully saturated rings. The standard InChI is InChI=1S/C20H23ClO6S/c1-2-7-26-13-5-3-11(4-6-13)8-12-9-15(28-20(12)21)19-18(25)17(24)16(23)14(10-22)27-19/h2-6,9,14,16-19,22-25H,1,7-8,10H2/t14-,16-,17?,18-,19+/m1/s1. The Balaban J connectivity index is 1.74. The minimum absolute atomic E-state index is 0.443. The predicted octanol–water partition coefficient (Wildman–Crippen LogP) is 2.07. The van der Waals surface area contributed by atoms with E-state index in [9.17, 15) is 20.4 Å². The maximum absolute atomic E-state index is 10.3. The van der Waals surface area contributed by atoms with Gasteiger partial charge in [-0.15, -0.1) is 11.3 Å². The first-order chi connectivity index (χ1) is 13.4. The van der Waals surface area contributed by atoms with Crippen LogP contribution in [0.5, 0.6) is 5.75 Å².